The Morgan fingerprint density at radius 3 is 2.48 bits per heavy atom. The third-order valence-electron chi connectivity index (χ3n) is 3.30. The maximum Gasteiger partial charge on any atom is 0.246 e. The first-order valence-electron chi connectivity index (χ1n) is 7.39. The van der Waals surface area contributed by atoms with Gasteiger partial charge in [-0.05, 0) is 51.8 Å². The molecule has 0 amide bonds. The van der Waals surface area contributed by atoms with Crippen molar-refractivity contribution in [2.24, 2.45) is 0 Å². The van der Waals surface area contributed by atoms with E-state index in [1.54, 1.807) is 13.8 Å². The lowest BCUT2D eigenvalue weighted by atomic mass is 10.1. The van der Waals surface area contributed by atoms with Crippen molar-refractivity contribution in [3.05, 3.63) is 40.8 Å². The summed E-state index contributed by atoms with van der Waals surface area (Å²) in [4.78, 5) is 0.106. The number of aryl methyl sites for hydroxylation is 3. The maximum absolute atomic E-state index is 12.4. The van der Waals surface area contributed by atoms with Crippen molar-refractivity contribution in [1.29, 1.82) is 0 Å². The average molecular weight is 338 g/mol. The Morgan fingerprint density at radius 2 is 1.96 bits per heavy atom. The maximum atomic E-state index is 12.4. The molecule has 0 spiro atoms. The Labute approximate surface area is 136 Å². The van der Waals surface area contributed by atoms with E-state index in [1.807, 2.05) is 39.0 Å². The number of sulfonamides is 1. The summed E-state index contributed by atoms with van der Waals surface area (Å²) in [7, 11) is -3.66. The van der Waals surface area contributed by atoms with Crippen LogP contribution in [-0.2, 0) is 16.6 Å². The largest absolute Gasteiger partial charge is 0.491 e. The predicted molar refractivity (Wildman–Crippen MR) is 86.9 cm³/mol. The number of hydrogen-bond acceptors (Lipinski definition) is 5. The molecule has 0 saturated carbocycles. The summed E-state index contributed by atoms with van der Waals surface area (Å²) < 4.78 is 37.9. The monoisotopic (exact) mass is 338 g/mol. The van der Waals surface area contributed by atoms with Crippen LogP contribution in [0.15, 0.2) is 27.6 Å². The second kappa shape index (κ2) is 6.72. The molecule has 2 rings (SSSR count). The van der Waals surface area contributed by atoms with E-state index in [4.69, 9.17) is 9.26 Å². The minimum absolute atomic E-state index is 0.0950. The lowest BCUT2D eigenvalue weighted by molar-refractivity contribution is 0.240. The molecule has 1 aromatic carbocycles. The van der Waals surface area contributed by atoms with Gasteiger partial charge in [0.1, 0.15) is 16.3 Å². The highest BCUT2D eigenvalue weighted by Crippen LogP contribution is 2.22. The number of nitrogens with zero attached hydrogens (tertiary/aromatic N) is 1. The molecule has 2 aromatic rings. The number of ether oxygens (including phenoxy) is 1. The minimum Gasteiger partial charge on any atom is -0.491 e. The number of benzene rings is 1. The fourth-order valence-electron chi connectivity index (χ4n) is 2.32. The Balaban J connectivity index is 2.13. The number of aromatic nitrogens is 1. The molecule has 0 unspecified atom stereocenters. The van der Waals surface area contributed by atoms with Crippen LogP contribution in [-0.4, -0.2) is 19.7 Å². The van der Waals surface area contributed by atoms with Crippen molar-refractivity contribution in [2.75, 3.05) is 0 Å². The van der Waals surface area contributed by atoms with E-state index in [1.165, 1.54) is 0 Å². The van der Waals surface area contributed by atoms with Gasteiger partial charge in [-0.1, -0.05) is 17.3 Å². The second-order valence-electron chi connectivity index (χ2n) is 5.74. The standard InChI is InChI=1S/C16H22N2O4S/c1-10(2)21-15-7-6-14(8-11(15)3)9-17-23(19,20)16-12(4)18-22-13(16)5/h6-8,10,17H,9H2,1-5H3. The van der Waals surface area contributed by atoms with Crippen molar-refractivity contribution in [2.45, 2.75) is 52.2 Å². The van der Waals surface area contributed by atoms with Crippen LogP contribution in [0, 0.1) is 20.8 Å². The van der Waals surface area contributed by atoms with Crippen molar-refractivity contribution < 1.29 is 17.7 Å². The normalized spacial score (nSPS) is 11.9. The van der Waals surface area contributed by atoms with Gasteiger partial charge in [0, 0.05) is 6.54 Å². The van der Waals surface area contributed by atoms with Crippen LogP contribution in [0.25, 0.3) is 0 Å². The molecule has 0 fully saturated rings. The first-order valence-corrected chi connectivity index (χ1v) is 8.87. The Morgan fingerprint density at radius 1 is 1.26 bits per heavy atom. The molecule has 0 aliphatic rings. The third kappa shape index (κ3) is 4.11. The first kappa shape index (κ1) is 17.5. The van der Waals surface area contributed by atoms with Gasteiger partial charge >= 0.3 is 0 Å². The number of nitrogens with one attached hydrogen (secondary N) is 1. The van der Waals surface area contributed by atoms with Crippen molar-refractivity contribution in [1.82, 2.24) is 9.88 Å². The van der Waals surface area contributed by atoms with Gasteiger partial charge in [0.05, 0.1) is 6.10 Å². The van der Waals surface area contributed by atoms with E-state index in [-0.39, 0.29) is 23.3 Å². The zero-order valence-electron chi connectivity index (χ0n) is 14.0. The van der Waals surface area contributed by atoms with Gasteiger partial charge in [-0.2, -0.15) is 0 Å². The van der Waals surface area contributed by atoms with E-state index >= 15 is 0 Å². The molecule has 1 aromatic heterocycles. The lowest BCUT2D eigenvalue weighted by Crippen LogP contribution is -2.24. The van der Waals surface area contributed by atoms with Crippen LogP contribution < -0.4 is 9.46 Å². The summed E-state index contributed by atoms with van der Waals surface area (Å²) >= 11 is 0. The number of rotatable bonds is 6. The molecule has 1 heterocycles. The van der Waals surface area contributed by atoms with Gasteiger partial charge in [0.25, 0.3) is 0 Å². The highest BCUT2D eigenvalue weighted by atomic mass is 32.2. The van der Waals surface area contributed by atoms with Gasteiger partial charge in [0.15, 0.2) is 5.76 Å². The smallest absolute Gasteiger partial charge is 0.246 e. The van der Waals surface area contributed by atoms with Crippen LogP contribution in [0.2, 0.25) is 0 Å². The highest BCUT2D eigenvalue weighted by molar-refractivity contribution is 7.89. The Kier molecular flexibility index (Phi) is 5.11. The first-order chi connectivity index (χ1) is 10.7. The fraction of sp³-hybridized carbons (Fsp3) is 0.438. The van der Waals surface area contributed by atoms with Crippen LogP contribution in [0.3, 0.4) is 0 Å². The third-order valence-corrected chi connectivity index (χ3v) is 4.95. The van der Waals surface area contributed by atoms with E-state index in [0.717, 1.165) is 16.9 Å². The zero-order valence-corrected chi connectivity index (χ0v) is 14.8. The molecule has 0 radical (unpaired) electrons. The van der Waals surface area contributed by atoms with Crippen LogP contribution in [0.5, 0.6) is 5.75 Å². The molecule has 6 nitrogen and oxygen atoms in total. The molecule has 0 aliphatic heterocycles. The van der Waals surface area contributed by atoms with Gasteiger partial charge in [-0.3, -0.25) is 0 Å². The molecule has 7 heteroatoms. The molecular formula is C16H22N2O4S. The summed E-state index contributed by atoms with van der Waals surface area (Å²) in [6.07, 6.45) is 0.0950. The average Bonchev–Trinajstić information content (AvgIpc) is 2.79. The van der Waals surface area contributed by atoms with Gasteiger partial charge in [0.2, 0.25) is 10.0 Å². The highest BCUT2D eigenvalue weighted by Gasteiger charge is 2.23. The van der Waals surface area contributed by atoms with Crippen LogP contribution in [0.4, 0.5) is 0 Å². The zero-order chi connectivity index (χ0) is 17.2. The van der Waals surface area contributed by atoms with E-state index < -0.39 is 10.0 Å². The minimum atomic E-state index is -3.66. The predicted octanol–water partition coefficient (Wildman–Crippen LogP) is 2.87. The Bertz CT molecular complexity index is 775. The van der Waals surface area contributed by atoms with Crippen molar-refractivity contribution >= 4 is 10.0 Å². The molecule has 1 N–H and O–H groups in total. The fourth-order valence-corrected chi connectivity index (χ4v) is 3.66. The summed E-state index contributed by atoms with van der Waals surface area (Å²) in [6, 6.07) is 5.61. The summed E-state index contributed by atoms with van der Waals surface area (Å²) in [6.45, 7) is 9.24. The quantitative estimate of drug-likeness (QED) is 0.876. The van der Waals surface area contributed by atoms with Crippen molar-refractivity contribution in [3.8, 4) is 5.75 Å². The summed E-state index contributed by atoms with van der Waals surface area (Å²) in [5.41, 5.74) is 2.17. The van der Waals surface area contributed by atoms with Crippen molar-refractivity contribution in [3.63, 3.8) is 0 Å². The molecule has 126 valence electrons. The van der Waals surface area contributed by atoms with Crippen LogP contribution in [0.1, 0.15) is 36.4 Å². The van der Waals surface area contributed by atoms with E-state index in [0.29, 0.717) is 5.69 Å². The molecule has 0 atom stereocenters. The van der Waals surface area contributed by atoms with Gasteiger partial charge < -0.3 is 9.26 Å². The second-order valence-corrected chi connectivity index (χ2v) is 7.45. The molecule has 0 saturated heterocycles. The molecule has 0 bridgehead atoms. The van der Waals surface area contributed by atoms with Crippen LogP contribution >= 0.6 is 0 Å². The SMILES string of the molecule is Cc1cc(CNS(=O)(=O)c2c(C)noc2C)ccc1OC(C)C. The molecular weight excluding hydrogens is 316 g/mol. The number of hydrogen-bond donors (Lipinski definition) is 1. The summed E-state index contributed by atoms with van der Waals surface area (Å²) in [5.74, 6) is 1.09. The van der Waals surface area contributed by atoms with E-state index in [9.17, 15) is 8.42 Å². The summed E-state index contributed by atoms with van der Waals surface area (Å²) in [5, 5.41) is 3.68. The lowest BCUT2D eigenvalue weighted by Gasteiger charge is -2.13. The topological polar surface area (TPSA) is 81.4 Å². The van der Waals surface area contributed by atoms with Gasteiger partial charge in [-0.25, -0.2) is 13.1 Å². The molecule has 0 aliphatic carbocycles. The molecule has 23 heavy (non-hydrogen) atoms. The van der Waals surface area contributed by atoms with Gasteiger partial charge in [-0.15, -0.1) is 0 Å². The van der Waals surface area contributed by atoms with E-state index in [2.05, 4.69) is 9.88 Å². The Hall–Kier alpha value is -1.86.